The lowest BCUT2D eigenvalue weighted by Gasteiger charge is -2.28. The summed E-state index contributed by atoms with van der Waals surface area (Å²) in [5.74, 6) is 1.23. The van der Waals surface area contributed by atoms with Crippen molar-refractivity contribution in [1.82, 2.24) is 30.0 Å². The Hall–Kier alpha value is -3.04. The third-order valence-electron chi connectivity index (χ3n) is 6.93. The Balaban J connectivity index is 1.26. The van der Waals surface area contributed by atoms with Gasteiger partial charge in [0.1, 0.15) is 17.0 Å². The number of thiophene rings is 1. The second-order valence-electron chi connectivity index (χ2n) is 9.13. The standard InChI is InChI=1S/C24H27N7OS/c1-30-7-2-8-31(10-9-30)24(32)15-3-5-18-20(12-15)33-23-21(18)22(25-14-26-23)28-17-4-6-19-16(11-17)13-27-29-19/h4,6,11,13-15H,2-3,5,7-10,12H2,1H3,(H,27,29)(H,25,26,28)/t15-/m0/s1. The van der Waals surface area contributed by atoms with Crippen LogP contribution >= 0.6 is 11.3 Å². The molecule has 170 valence electrons. The van der Waals surface area contributed by atoms with E-state index in [4.69, 9.17) is 0 Å². The largest absolute Gasteiger partial charge is 0.341 e. The van der Waals surface area contributed by atoms with E-state index in [0.717, 1.165) is 84.5 Å². The minimum Gasteiger partial charge on any atom is -0.341 e. The third-order valence-corrected chi connectivity index (χ3v) is 8.09. The Morgan fingerprint density at radius 2 is 2.15 bits per heavy atom. The van der Waals surface area contributed by atoms with Crippen molar-refractivity contribution in [1.29, 1.82) is 0 Å². The van der Waals surface area contributed by atoms with E-state index in [0.29, 0.717) is 5.91 Å². The lowest BCUT2D eigenvalue weighted by atomic mass is 9.86. The number of carbonyl (C=O) groups excluding carboxylic acids is 1. The lowest BCUT2D eigenvalue weighted by Crippen LogP contribution is -2.40. The minimum absolute atomic E-state index is 0.0711. The van der Waals surface area contributed by atoms with Gasteiger partial charge in [-0.05, 0) is 63.0 Å². The normalized spacial score (nSPS) is 19.5. The molecule has 8 nitrogen and oxygen atoms in total. The highest BCUT2D eigenvalue weighted by atomic mass is 32.1. The van der Waals surface area contributed by atoms with Crippen LogP contribution in [0.5, 0.6) is 0 Å². The van der Waals surface area contributed by atoms with Crippen molar-refractivity contribution < 1.29 is 4.79 Å². The minimum atomic E-state index is 0.0711. The summed E-state index contributed by atoms with van der Waals surface area (Å²) in [6.07, 6.45) is 7.09. The number of nitrogens with one attached hydrogen (secondary N) is 2. The van der Waals surface area contributed by atoms with Crippen molar-refractivity contribution in [2.45, 2.75) is 25.7 Å². The Kier molecular flexibility index (Phi) is 5.22. The van der Waals surface area contributed by atoms with E-state index in [1.165, 1.54) is 10.4 Å². The van der Waals surface area contributed by atoms with Crippen LogP contribution in [0.3, 0.4) is 0 Å². The van der Waals surface area contributed by atoms with E-state index in [1.807, 2.05) is 18.3 Å². The van der Waals surface area contributed by atoms with Crippen LogP contribution in [0.15, 0.2) is 30.7 Å². The summed E-state index contributed by atoms with van der Waals surface area (Å²) in [6, 6.07) is 6.11. The maximum atomic E-state index is 13.3. The number of aryl methyl sites for hydroxylation is 1. The maximum absolute atomic E-state index is 13.3. The Bertz CT molecular complexity index is 1330. The molecule has 0 saturated carbocycles. The van der Waals surface area contributed by atoms with Crippen LogP contribution in [0.2, 0.25) is 0 Å². The molecule has 9 heteroatoms. The monoisotopic (exact) mass is 461 g/mol. The second kappa shape index (κ2) is 8.39. The number of hydrogen-bond donors (Lipinski definition) is 2. The molecule has 1 atom stereocenters. The Morgan fingerprint density at radius 1 is 1.21 bits per heavy atom. The van der Waals surface area contributed by atoms with Crippen LogP contribution in [-0.4, -0.2) is 69.1 Å². The number of amides is 1. The van der Waals surface area contributed by atoms with E-state index >= 15 is 0 Å². The van der Waals surface area contributed by atoms with E-state index in [1.54, 1.807) is 17.7 Å². The Morgan fingerprint density at radius 3 is 3.09 bits per heavy atom. The number of hydrogen-bond acceptors (Lipinski definition) is 7. The van der Waals surface area contributed by atoms with Crippen LogP contribution in [0.25, 0.3) is 21.1 Å². The molecule has 6 rings (SSSR count). The molecule has 33 heavy (non-hydrogen) atoms. The molecule has 1 aliphatic heterocycles. The summed E-state index contributed by atoms with van der Waals surface area (Å²) < 4.78 is 0. The van der Waals surface area contributed by atoms with Gasteiger partial charge < -0.3 is 15.1 Å². The van der Waals surface area contributed by atoms with Gasteiger partial charge in [0.15, 0.2) is 0 Å². The van der Waals surface area contributed by atoms with Crippen molar-refractivity contribution in [3.05, 3.63) is 41.2 Å². The highest BCUT2D eigenvalue weighted by molar-refractivity contribution is 7.19. The zero-order chi connectivity index (χ0) is 22.4. The molecule has 2 aliphatic rings. The highest BCUT2D eigenvalue weighted by Gasteiger charge is 2.32. The molecule has 4 heterocycles. The summed E-state index contributed by atoms with van der Waals surface area (Å²) in [5, 5.41) is 12.7. The number of fused-ring (bicyclic) bond motifs is 4. The summed E-state index contributed by atoms with van der Waals surface area (Å²) in [5.41, 5.74) is 3.29. The maximum Gasteiger partial charge on any atom is 0.226 e. The molecule has 0 unspecified atom stereocenters. The molecule has 0 radical (unpaired) electrons. The first kappa shape index (κ1) is 20.6. The Labute approximate surface area is 196 Å². The molecule has 1 fully saturated rings. The molecule has 1 aromatic carbocycles. The van der Waals surface area contributed by atoms with Gasteiger partial charge in [-0.2, -0.15) is 5.10 Å². The smallest absolute Gasteiger partial charge is 0.226 e. The van der Waals surface area contributed by atoms with Crippen LogP contribution < -0.4 is 5.32 Å². The van der Waals surface area contributed by atoms with Gasteiger partial charge in [0.2, 0.25) is 5.91 Å². The number of anilines is 2. The van der Waals surface area contributed by atoms with Gasteiger partial charge in [-0.1, -0.05) is 0 Å². The van der Waals surface area contributed by atoms with Crippen molar-refractivity contribution in [2.75, 3.05) is 38.5 Å². The van der Waals surface area contributed by atoms with Crippen molar-refractivity contribution in [2.24, 2.45) is 5.92 Å². The van der Waals surface area contributed by atoms with E-state index in [-0.39, 0.29) is 5.92 Å². The SMILES string of the molecule is CN1CCCN(C(=O)[C@H]2CCc3c(sc4ncnc(Nc5ccc6[nH]ncc6c5)c34)C2)CC1. The molecule has 1 saturated heterocycles. The predicted molar refractivity (Wildman–Crippen MR) is 131 cm³/mol. The number of aromatic amines is 1. The summed E-state index contributed by atoms with van der Waals surface area (Å²) in [4.78, 5) is 29.1. The average Bonchev–Trinajstić information content (AvgIpc) is 3.38. The summed E-state index contributed by atoms with van der Waals surface area (Å²) in [6.45, 7) is 3.74. The number of benzene rings is 1. The number of rotatable bonds is 3. The van der Waals surface area contributed by atoms with Gasteiger partial charge in [-0.3, -0.25) is 9.89 Å². The summed E-state index contributed by atoms with van der Waals surface area (Å²) >= 11 is 1.72. The van der Waals surface area contributed by atoms with Crippen LogP contribution in [-0.2, 0) is 17.6 Å². The molecule has 4 aromatic rings. The number of nitrogens with zero attached hydrogens (tertiary/aromatic N) is 5. The molecule has 1 amide bonds. The molecule has 0 spiro atoms. The predicted octanol–water partition coefficient (Wildman–Crippen LogP) is 3.58. The molecule has 1 aliphatic carbocycles. The van der Waals surface area contributed by atoms with Gasteiger partial charge in [-0.15, -0.1) is 11.3 Å². The van der Waals surface area contributed by atoms with Gasteiger partial charge >= 0.3 is 0 Å². The van der Waals surface area contributed by atoms with E-state index < -0.39 is 0 Å². The summed E-state index contributed by atoms with van der Waals surface area (Å²) in [7, 11) is 2.14. The number of likely N-dealkylation sites (N-methyl/N-ethyl adjacent to an activating group) is 1. The number of carbonyl (C=O) groups is 1. The topological polar surface area (TPSA) is 90.0 Å². The van der Waals surface area contributed by atoms with Crippen molar-refractivity contribution in [3.8, 4) is 0 Å². The zero-order valence-corrected chi connectivity index (χ0v) is 19.5. The zero-order valence-electron chi connectivity index (χ0n) is 18.7. The average molecular weight is 462 g/mol. The number of H-pyrrole nitrogens is 1. The van der Waals surface area contributed by atoms with Gasteiger partial charge in [0, 0.05) is 41.5 Å². The van der Waals surface area contributed by atoms with Gasteiger partial charge in [-0.25, -0.2) is 9.97 Å². The number of aromatic nitrogens is 4. The van der Waals surface area contributed by atoms with Crippen LogP contribution in [0.4, 0.5) is 11.5 Å². The molecular formula is C24H27N7OS. The van der Waals surface area contributed by atoms with Gasteiger partial charge in [0.25, 0.3) is 0 Å². The quantitative estimate of drug-likeness (QED) is 0.485. The fourth-order valence-corrected chi connectivity index (χ4v) is 6.37. The first-order chi connectivity index (χ1) is 16.2. The third kappa shape index (κ3) is 3.85. The molecule has 2 N–H and O–H groups in total. The second-order valence-corrected chi connectivity index (χ2v) is 10.2. The molecule has 0 bridgehead atoms. The fourth-order valence-electron chi connectivity index (χ4n) is 5.10. The van der Waals surface area contributed by atoms with Gasteiger partial charge in [0.05, 0.1) is 17.1 Å². The van der Waals surface area contributed by atoms with Crippen molar-refractivity contribution >= 4 is 49.9 Å². The van der Waals surface area contributed by atoms with Crippen molar-refractivity contribution in [3.63, 3.8) is 0 Å². The highest BCUT2D eigenvalue weighted by Crippen LogP contribution is 2.41. The van der Waals surface area contributed by atoms with Crippen LogP contribution in [0.1, 0.15) is 23.3 Å². The molecule has 3 aromatic heterocycles. The fraction of sp³-hybridized carbons (Fsp3) is 0.417. The molecular weight excluding hydrogens is 434 g/mol. The van der Waals surface area contributed by atoms with E-state index in [9.17, 15) is 4.79 Å². The van der Waals surface area contributed by atoms with E-state index in [2.05, 4.69) is 48.4 Å². The van der Waals surface area contributed by atoms with Crippen LogP contribution in [0, 0.1) is 5.92 Å². The first-order valence-corrected chi connectivity index (χ1v) is 12.4. The first-order valence-electron chi connectivity index (χ1n) is 11.6. The lowest BCUT2D eigenvalue weighted by molar-refractivity contribution is -0.135.